The number of likely N-dealkylation sites (tertiary alicyclic amines) is 1. The first-order chi connectivity index (χ1) is 16.1. The maximum Gasteiger partial charge on any atom is 0.295 e. The third-order valence-corrected chi connectivity index (χ3v) is 6.25. The lowest BCUT2D eigenvalue weighted by molar-refractivity contribution is -0.139. The molecule has 0 radical (unpaired) electrons. The van der Waals surface area contributed by atoms with E-state index in [1.54, 1.807) is 42.5 Å². The number of rotatable bonds is 9. The van der Waals surface area contributed by atoms with Crippen molar-refractivity contribution in [1.29, 1.82) is 0 Å². The molecule has 1 aliphatic rings. The van der Waals surface area contributed by atoms with Gasteiger partial charge in [-0.05, 0) is 74.9 Å². The first kappa shape index (κ1) is 26.1. The van der Waals surface area contributed by atoms with Crippen molar-refractivity contribution in [3.63, 3.8) is 0 Å². The summed E-state index contributed by atoms with van der Waals surface area (Å²) in [4.78, 5) is 29.6. The van der Waals surface area contributed by atoms with Crippen molar-refractivity contribution in [3.05, 3.63) is 69.2 Å². The number of aliphatic hydroxyl groups excluding tert-OH is 1. The molecule has 0 aliphatic carbocycles. The summed E-state index contributed by atoms with van der Waals surface area (Å²) in [6, 6.07) is 11.0. The Kier molecular flexibility index (Phi) is 8.63. The van der Waals surface area contributed by atoms with Gasteiger partial charge in [0.05, 0.1) is 28.3 Å². The Morgan fingerprint density at radius 1 is 1.09 bits per heavy atom. The number of aliphatic hydroxyl groups is 1. The second kappa shape index (κ2) is 11.3. The van der Waals surface area contributed by atoms with Crippen LogP contribution in [0.2, 0.25) is 10.0 Å². The summed E-state index contributed by atoms with van der Waals surface area (Å²) in [5.74, 6) is -0.565. The van der Waals surface area contributed by atoms with E-state index in [1.165, 1.54) is 4.90 Å². The quantitative estimate of drug-likeness (QED) is 0.281. The lowest BCUT2D eigenvalue weighted by Crippen LogP contribution is -2.32. The molecule has 1 saturated heterocycles. The fourth-order valence-electron chi connectivity index (χ4n) is 3.82. The molecule has 1 N–H and O–H groups in total. The highest BCUT2D eigenvalue weighted by Crippen LogP contribution is 2.41. The van der Waals surface area contributed by atoms with Gasteiger partial charge in [0, 0.05) is 12.1 Å². The van der Waals surface area contributed by atoms with Crippen molar-refractivity contribution in [2.24, 2.45) is 5.92 Å². The van der Waals surface area contributed by atoms with Crippen molar-refractivity contribution < 1.29 is 19.4 Å². The Morgan fingerprint density at radius 3 is 2.35 bits per heavy atom. The van der Waals surface area contributed by atoms with E-state index in [9.17, 15) is 14.7 Å². The first-order valence-corrected chi connectivity index (χ1v) is 12.0. The minimum atomic E-state index is -0.770. The van der Waals surface area contributed by atoms with E-state index in [2.05, 4.69) is 13.8 Å². The largest absolute Gasteiger partial charge is 0.507 e. The van der Waals surface area contributed by atoms with Gasteiger partial charge in [0.25, 0.3) is 11.7 Å². The number of benzene rings is 2. The van der Waals surface area contributed by atoms with E-state index >= 15 is 0 Å². The molecule has 182 valence electrons. The number of carbonyl (C=O) groups excluding carboxylic acids is 2. The second-order valence-electron chi connectivity index (χ2n) is 9.05. The van der Waals surface area contributed by atoms with Crippen LogP contribution >= 0.6 is 23.2 Å². The summed E-state index contributed by atoms with van der Waals surface area (Å²) in [6.45, 7) is 5.78. The third-order valence-electron chi connectivity index (χ3n) is 5.51. The van der Waals surface area contributed by atoms with Crippen LogP contribution in [-0.4, -0.2) is 60.4 Å². The number of hydrogen-bond acceptors (Lipinski definition) is 5. The predicted octanol–water partition coefficient (Wildman–Crippen LogP) is 5.40. The lowest BCUT2D eigenvalue weighted by atomic mass is 9.95. The zero-order valence-corrected chi connectivity index (χ0v) is 21.4. The van der Waals surface area contributed by atoms with Gasteiger partial charge >= 0.3 is 0 Å². The molecule has 1 fully saturated rings. The van der Waals surface area contributed by atoms with Crippen LogP contribution in [0.3, 0.4) is 0 Å². The molecule has 2 aromatic carbocycles. The highest BCUT2D eigenvalue weighted by molar-refractivity contribution is 6.46. The minimum absolute atomic E-state index is 0.0316. The normalized spacial score (nSPS) is 17.8. The molecule has 2 aromatic rings. The highest BCUT2D eigenvalue weighted by Gasteiger charge is 2.45. The standard InChI is InChI=1S/C26H30Cl2N2O4/c1-16(2)15-34-19-9-6-17(7-10-19)24(31)22-23(18-8-11-20(27)21(28)14-18)30(26(33)25(22)32)13-5-12-29(3)4/h6-11,14,16,23,31H,5,12-13,15H2,1-4H3/b24-22+/t23-/m1/s1. The van der Waals surface area contributed by atoms with Gasteiger partial charge in [-0.15, -0.1) is 0 Å². The van der Waals surface area contributed by atoms with Crippen LogP contribution in [0.15, 0.2) is 48.0 Å². The molecular formula is C26H30Cl2N2O4. The van der Waals surface area contributed by atoms with E-state index in [0.717, 1.165) is 6.54 Å². The first-order valence-electron chi connectivity index (χ1n) is 11.2. The molecule has 1 amide bonds. The maximum absolute atomic E-state index is 13.1. The predicted molar refractivity (Wildman–Crippen MR) is 135 cm³/mol. The second-order valence-corrected chi connectivity index (χ2v) is 9.87. The van der Waals surface area contributed by atoms with Crippen LogP contribution < -0.4 is 4.74 Å². The number of halogens is 2. The van der Waals surface area contributed by atoms with Crippen molar-refractivity contribution in [2.45, 2.75) is 26.3 Å². The van der Waals surface area contributed by atoms with Gasteiger partial charge in [0.2, 0.25) is 0 Å². The van der Waals surface area contributed by atoms with E-state index in [1.807, 2.05) is 19.0 Å². The summed E-state index contributed by atoms with van der Waals surface area (Å²) in [6.07, 6.45) is 0.666. The summed E-state index contributed by atoms with van der Waals surface area (Å²) >= 11 is 12.3. The zero-order chi connectivity index (χ0) is 25.0. The molecule has 1 heterocycles. The molecule has 34 heavy (non-hydrogen) atoms. The fraction of sp³-hybridized carbons (Fsp3) is 0.385. The Balaban J connectivity index is 2.02. The molecule has 0 unspecified atom stereocenters. The van der Waals surface area contributed by atoms with Gasteiger partial charge in [-0.1, -0.05) is 43.1 Å². The monoisotopic (exact) mass is 504 g/mol. The van der Waals surface area contributed by atoms with Gasteiger partial charge < -0.3 is 19.6 Å². The number of ketones is 1. The van der Waals surface area contributed by atoms with E-state index in [4.69, 9.17) is 27.9 Å². The molecule has 0 spiro atoms. The SMILES string of the molecule is CC(C)COc1ccc(/C(O)=C2\C(=O)C(=O)N(CCCN(C)C)[C@@H]2c2ccc(Cl)c(Cl)c2)cc1. The van der Waals surface area contributed by atoms with Crippen LogP contribution in [0, 0.1) is 5.92 Å². The van der Waals surface area contributed by atoms with Crippen molar-refractivity contribution in [1.82, 2.24) is 9.80 Å². The molecular weight excluding hydrogens is 475 g/mol. The van der Waals surface area contributed by atoms with Crippen molar-refractivity contribution in [3.8, 4) is 5.75 Å². The number of amides is 1. The minimum Gasteiger partial charge on any atom is -0.507 e. The Bertz CT molecular complexity index is 1080. The highest BCUT2D eigenvalue weighted by atomic mass is 35.5. The Labute approximate surface area is 210 Å². The van der Waals surface area contributed by atoms with E-state index < -0.39 is 17.7 Å². The number of nitrogens with zero attached hydrogens (tertiary/aromatic N) is 2. The fourth-order valence-corrected chi connectivity index (χ4v) is 4.13. The maximum atomic E-state index is 13.1. The topological polar surface area (TPSA) is 70.1 Å². The summed E-state index contributed by atoms with van der Waals surface area (Å²) < 4.78 is 5.70. The van der Waals surface area contributed by atoms with Crippen LogP contribution in [-0.2, 0) is 9.59 Å². The van der Waals surface area contributed by atoms with Gasteiger partial charge in [0.15, 0.2) is 0 Å². The summed E-state index contributed by atoms with van der Waals surface area (Å²) in [5.41, 5.74) is 1.06. The van der Waals surface area contributed by atoms with E-state index in [-0.39, 0.29) is 11.3 Å². The van der Waals surface area contributed by atoms with Crippen LogP contribution in [0.25, 0.3) is 5.76 Å². The lowest BCUT2D eigenvalue weighted by Gasteiger charge is -2.26. The molecule has 0 aromatic heterocycles. The number of ether oxygens (including phenoxy) is 1. The Morgan fingerprint density at radius 2 is 1.76 bits per heavy atom. The molecule has 3 rings (SSSR count). The van der Waals surface area contributed by atoms with Gasteiger partial charge in [0.1, 0.15) is 11.5 Å². The van der Waals surface area contributed by atoms with Gasteiger partial charge in [-0.25, -0.2) is 0 Å². The van der Waals surface area contributed by atoms with Crippen LogP contribution in [0.4, 0.5) is 0 Å². The number of Topliss-reactive ketones (excluding diaryl/α,β-unsaturated/α-hetero) is 1. The van der Waals surface area contributed by atoms with Gasteiger partial charge in [-0.2, -0.15) is 0 Å². The molecule has 1 atom stereocenters. The zero-order valence-electron chi connectivity index (χ0n) is 19.8. The van der Waals surface area contributed by atoms with Crippen molar-refractivity contribution in [2.75, 3.05) is 33.8 Å². The van der Waals surface area contributed by atoms with Crippen LogP contribution in [0.5, 0.6) is 5.75 Å². The average Bonchev–Trinajstić information content (AvgIpc) is 3.04. The average molecular weight is 505 g/mol. The Hall–Kier alpha value is -2.54. The number of carbonyl (C=O) groups is 2. The van der Waals surface area contributed by atoms with E-state index in [0.29, 0.717) is 52.4 Å². The molecule has 1 aliphatic heterocycles. The van der Waals surface area contributed by atoms with Crippen LogP contribution in [0.1, 0.15) is 37.4 Å². The smallest absolute Gasteiger partial charge is 0.295 e. The molecule has 0 saturated carbocycles. The molecule has 8 heteroatoms. The summed E-state index contributed by atoms with van der Waals surface area (Å²) in [7, 11) is 3.89. The third kappa shape index (κ3) is 5.93. The molecule has 0 bridgehead atoms. The molecule has 6 nitrogen and oxygen atoms in total. The summed E-state index contributed by atoms with van der Waals surface area (Å²) in [5, 5.41) is 11.9. The number of hydrogen-bond donors (Lipinski definition) is 1. The van der Waals surface area contributed by atoms with Crippen molar-refractivity contribution >= 4 is 40.7 Å². The van der Waals surface area contributed by atoms with Gasteiger partial charge in [-0.3, -0.25) is 9.59 Å².